The number of anilines is 1. The van der Waals surface area contributed by atoms with Crippen LogP contribution in [0.4, 0.5) is 10.5 Å². The maximum atomic E-state index is 11.0. The molecule has 14 heavy (non-hydrogen) atoms. The zero-order valence-corrected chi connectivity index (χ0v) is 8.33. The van der Waals surface area contributed by atoms with Gasteiger partial charge >= 0.3 is 6.09 Å². The largest absolute Gasteiger partial charge is 0.412 e. The van der Waals surface area contributed by atoms with Crippen molar-refractivity contribution in [3.63, 3.8) is 0 Å². The Labute approximate surface area is 83.1 Å². The molecule has 76 valence electrons. The molecule has 0 aliphatic rings. The molecule has 0 aliphatic heterocycles. The van der Waals surface area contributed by atoms with Crippen molar-refractivity contribution in [3.05, 3.63) is 23.8 Å². The van der Waals surface area contributed by atoms with E-state index in [-0.39, 0.29) is 0 Å². The summed E-state index contributed by atoms with van der Waals surface area (Å²) in [6.07, 6.45) is -0.462. The van der Waals surface area contributed by atoms with E-state index in [0.29, 0.717) is 18.0 Å². The maximum Gasteiger partial charge on any atom is 0.412 e. The first-order chi connectivity index (χ1) is 6.63. The highest BCUT2D eigenvalue weighted by atomic mass is 16.5. The average Bonchev–Trinajstić information content (AvgIpc) is 2.12. The van der Waals surface area contributed by atoms with E-state index < -0.39 is 6.09 Å². The van der Waals surface area contributed by atoms with E-state index in [9.17, 15) is 4.79 Å². The first kappa shape index (κ1) is 10.4. The molecule has 0 atom stereocenters. The number of benzene rings is 1. The van der Waals surface area contributed by atoms with Crippen LogP contribution in [0.25, 0.3) is 0 Å². The van der Waals surface area contributed by atoms with Gasteiger partial charge in [0.15, 0.2) is 0 Å². The first-order valence-corrected chi connectivity index (χ1v) is 4.45. The Morgan fingerprint density at radius 1 is 1.57 bits per heavy atom. The van der Waals surface area contributed by atoms with Crippen molar-refractivity contribution < 1.29 is 9.53 Å². The summed E-state index contributed by atoms with van der Waals surface area (Å²) >= 11 is 0. The fraction of sp³-hybridized carbons (Fsp3) is 0.300. The Balaban J connectivity index is 2.68. The molecule has 0 unspecified atom stereocenters. The van der Waals surface area contributed by atoms with Crippen LogP contribution in [0.3, 0.4) is 0 Å². The van der Waals surface area contributed by atoms with E-state index in [2.05, 4.69) is 5.32 Å². The maximum absolute atomic E-state index is 11.0. The van der Waals surface area contributed by atoms with Gasteiger partial charge < -0.3 is 15.8 Å². The van der Waals surface area contributed by atoms with Gasteiger partial charge in [-0.05, 0) is 25.5 Å². The van der Waals surface area contributed by atoms with Crippen LogP contribution in [-0.2, 0) is 0 Å². The highest BCUT2D eigenvalue weighted by Gasteiger charge is 2.03. The molecule has 0 spiro atoms. The topological polar surface area (TPSA) is 64.3 Å². The third kappa shape index (κ3) is 2.65. The minimum atomic E-state index is -0.462. The molecule has 1 rings (SSSR count). The van der Waals surface area contributed by atoms with Gasteiger partial charge in [0.05, 0.1) is 0 Å². The summed E-state index contributed by atoms with van der Waals surface area (Å²) in [6.45, 7) is 4.26. The number of amides is 1. The van der Waals surface area contributed by atoms with Crippen molar-refractivity contribution >= 4 is 11.8 Å². The molecule has 1 amide bonds. The van der Waals surface area contributed by atoms with Crippen LogP contribution >= 0.6 is 0 Å². The normalized spacial score (nSPS) is 9.57. The summed E-state index contributed by atoms with van der Waals surface area (Å²) in [7, 11) is 0. The highest BCUT2D eigenvalue weighted by Crippen LogP contribution is 2.18. The number of rotatable bonds is 2. The molecule has 4 heteroatoms. The highest BCUT2D eigenvalue weighted by molar-refractivity contribution is 5.70. The average molecular weight is 194 g/mol. The summed E-state index contributed by atoms with van der Waals surface area (Å²) in [5.74, 6) is 0.457. The van der Waals surface area contributed by atoms with Gasteiger partial charge in [0, 0.05) is 18.3 Å². The Hall–Kier alpha value is -1.71. The molecule has 0 saturated heterocycles. The van der Waals surface area contributed by atoms with E-state index in [0.717, 1.165) is 5.56 Å². The Kier molecular flexibility index (Phi) is 3.34. The molecule has 0 aromatic heterocycles. The summed E-state index contributed by atoms with van der Waals surface area (Å²) in [5.41, 5.74) is 7.24. The van der Waals surface area contributed by atoms with Crippen LogP contribution < -0.4 is 15.8 Å². The fourth-order valence-corrected chi connectivity index (χ4v) is 0.970. The van der Waals surface area contributed by atoms with E-state index in [4.69, 9.17) is 10.5 Å². The summed E-state index contributed by atoms with van der Waals surface area (Å²) < 4.78 is 4.96. The fourth-order valence-electron chi connectivity index (χ4n) is 0.970. The Morgan fingerprint density at radius 3 is 2.86 bits per heavy atom. The van der Waals surface area contributed by atoms with Crippen LogP contribution in [-0.4, -0.2) is 12.6 Å². The molecule has 1 aromatic carbocycles. The predicted octanol–water partition coefficient (Wildman–Crippen LogP) is 1.69. The molecule has 0 aliphatic carbocycles. The third-order valence-corrected chi connectivity index (χ3v) is 1.78. The lowest BCUT2D eigenvalue weighted by Gasteiger charge is -2.06. The molecule has 1 aromatic rings. The van der Waals surface area contributed by atoms with Crippen molar-refractivity contribution in [2.45, 2.75) is 13.8 Å². The van der Waals surface area contributed by atoms with Crippen molar-refractivity contribution in [1.82, 2.24) is 5.32 Å². The lowest BCUT2D eigenvalue weighted by molar-refractivity contribution is 0.201. The number of nitrogens with two attached hydrogens (primary N) is 1. The Bertz CT molecular complexity index is 337. The number of aryl methyl sites for hydroxylation is 1. The number of carbonyl (C=O) groups is 1. The number of nitrogen functional groups attached to an aromatic ring is 1. The van der Waals surface area contributed by atoms with Gasteiger partial charge in [0.1, 0.15) is 5.75 Å². The monoisotopic (exact) mass is 194 g/mol. The van der Waals surface area contributed by atoms with Gasteiger partial charge in [0.2, 0.25) is 0 Å². The molecular formula is C10H14N2O2. The minimum absolute atomic E-state index is 0.457. The quantitative estimate of drug-likeness (QED) is 0.704. The van der Waals surface area contributed by atoms with Crippen molar-refractivity contribution in [2.24, 2.45) is 0 Å². The third-order valence-electron chi connectivity index (χ3n) is 1.78. The summed E-state index contributed by atoms with van der Waals surface area (Å²) in [4.78, 5) is 11.0. The van der Waals surface area contributed by atoms with Gasteiger partial charge in [-0.1, -0.05) is 6.07 Å². The number of carbonyl (C=O) groups excluding carboxylic acids is 1. The van der Waals surface area contributed by atoms with E-state index >= 15 is 0 Å². The molecule has 0 heterocycles. The van der Waals surface area contributed by atoms with Crippen molar-refractivity contribution in [2.75, 3.05) is 12.3 Å². The number of hydrogen-bond acceptors (Lipinski definition) is 3. The van der Waals surface area contributed by atoms with Crippen LogP contribution in [0.1, 0.15) is 12.5 Å². The van der Waals surface area contributed by atoms with Crippen LogP contribution in [0.15, 0.2) is 18.2 Å². The molecule has 0 saturated carbocycles. The van der Waals surface area contributed by atoms with Gasteiger partial charge in [-0.2, -0.15) is 0 Å². The van der Waals surface area contributed by atoms with E-state index in [1.807, 2.05) is 19.9 Å². The SMILES string of the molecule is CCNC(=O)Oc1ccc(C)c(N)c1. The smallest absolute Gasteiger partial charge is 0.410 e. The van der Waals surface area contributed by atoms with Gasteiger partial charge in [-0.3, -0.25) is 0 Å². The summed E-state index contributed by atoms with van der Waals surface area (Å²) in [5, 5.41) is 2.53. The van der Waals surface area contributed by atoms with E-state index in [1.165, 1.54) is 0 Å². The van der Waals surface area contributed by atoms with Crippen molar-refractivity contribution in [1.29, 1.82) is 0 Å². The summed E-state index contributed by atoms with van der Waals surface area (Å²) in [6, 6.07) is 5.15. The minimum Gasteiger partial charge on any atom is -0.410 e. The first-order valence-electron chi connectivity index (χ1n) is 4.45. The van der Waals surface area contributed by atoms with E-state index in [1.54, 1.807) is 12.1 Å². The van der Waals surface area contributed by atoms with Crippen molar-refractivity contribution in [3.8, 4) is 5.75 Å². The molecule has 4 nitrogen and oxygen atoms in total. The van der Waals surface area contributed by atoms with Gasteiger partial charge in [-0.15, -0.1) is 0 Å². The van der Waals surface area contributed by atoms with Gasteiger partial charge in [-0.25, -0.2) is 4.79 Å². The molecule has 0 radical (unpaired) electrons. The second-order valence-corrected chi connectivity index (χ2v) is 2.94. The van der Waals surface area contributed by atoms with Crippen LogP contribution in [0.2, 0.25) is 0 Å². The molecule has 0 fully saturated rings. The number of ether oxygens (including phenoxy) is 1. The van der Waals surface area contributed by atoms with Crippen LogP contribution in [0, 0.1) is 6.92 Å². The molecular weight excluding hydrogens is 180 g/mol. The lowest BCUT2D eigenvalue weighted by Crippen LogP contribution is -2.26. The zero-order valence-electron chi connectivity index (χ0n) is 8.33. The number of hydrogen-bond donors (Lipinski definition) is 2. The predicted molar refractivity (Wildman–Crippen MR) is 55.3 cm³/mol. The standard InChI is InChI=1S/C10H14N2O2/c1-3-12-10(13)14-8-5-4-7(2)9(11)6-8/h4-6H,3,11H2,1-2H3,(H,12,13). The molecule has 0 bridgehead atoms. The second-order valence-electron chi connectivity index (χ2n) is 2.94. The van der Waals surface area contributed by atoms with Crippen LogP contribution in [0.5, 0.6) is 5.75 Å². The molecule has 3 N–H and O–H groups in total. The Morgan fingerprint density at radius 2 is 2.29 bits per heavy atom. The number of nitrogens with one attached hydrogen (secondary N) is 1. The zero-order chi connectivity index (χ0) is 10.6. The lowest BCUT2D eigenvalue weighted by atomic mass is 10.2. The van der Waals surface area contributed by atoms with Gasteiger partial charge in [0.25, 0.3) is 0 Å². The second kappa shape index (κ2) is 4.50.